The van der Waals surface area contributed by atoms with E-state index in [9.17, 15) is 9.59 Å². The third-order valence-corrected chi connectivity index (χ3v) is 3.10. The minimum atomic E-state index is -0.276. The largest absolute Gasteiger partial charge is 0.359 e. The lowest BCUT2D eigenvalue weighted by molar-refractivity contribution is -0.123. The number of anilines is 1. The van der Waals surface area contributed by atoms with Gasteiger partial charge in [-0.15, -0.1) is 0 Å². The maximum atomic E-state index is 12.5. The smallest absolute Gasteiger partial charge is 0.256 e. The van der Waals surface area contributed by atoms with E-state index in [1.807, 2.05) is 0 Å². The maximum Gasteiger partial charge on any atom is 0.256 e. The number of nitriles is 2. The Hall–Kier alpha value is -3.32. The summed E-state index contributed by atoms with van der Waals surface area (Å²) >= 11 is 0. The van der Waals surface area contributed by atoms with Crippen molar-refractivity contribution in [2.45, 2.75) is 0 Å². The highest BCUT2D eigenvalue weighted by atomic mass is 16.2. The van der Waals surface area contributed by atoms with Crippen LogP contribution in [0.4, 0.5) is 5.69 Å². The number of nitrogens with one attached hydrogen (secondary N) is 2. The molecular formula is C15H13N5O2. The van der Waals surface area contributed by atoms with Gasteiger partial charge < -0.3 is 15.5 Å². The molecule has 1 heterocycles. The molecule has 1 aliphatic rings. The first-order valence-corrected chi connectivity index (χ1v) is 6.57. The molecule has 0 saturated carbocycles. The zero-order valence-corrected chi connectivity index (χ0v) is 11.7. The van der Waals surface area contributed by atoms with Crippen LogP contribution in [0.25, 0.3) is 0 Å². The molecule has 7 nitrogen and oxygen atoms in total. The summed E-state index contributed by atoms with van der Waals surface area (Å²) in [6, 6.07) is 10.2. The summed E-state index contributed by atoms with van der Waals surface area (Å²) in [4.78, 5) is 25.3. The first kappa shape index (κ1) is 15.1. The van der Waals surface area contributed by atoms with Gasteiger partial charge in [0.2, 0.25) is 5.91 Å². The number of hydrogen-bond donors (Lipinski definition) is 2. The lowest BCUT2D eigenvalue weighted by Gasteiger charge is -2.27. The summed E-state index contributed by atoms with van der Waals surface area (Å²) < 4.78 is 0. The molecule has 1 aromatic carbocycles. The Balaban J connectivity index is 2.23. The van der Waals surface area contributed by atoms with Crippen LogP contribution in [0.3, 0.4) is 0 Å². The fraction of sp³-hybridized carbons (Fsp3) is 0.200. The highest BCUT2D eigenvalue weighted by Crippen LogP contribution is 2.18. The molecular weight excluding hydrogens is 282 g/mol. The number of carbonyl (C=O) groups excluding carboxylic acids is 2. The van der Waals surface area contributed by atoms with E-state index >= 15 is 0 Å². The van der Waals surface area contributed by atoms with Crippen LogP contribution in [-0.2, 0) is 4.79 Å². The van der Waals surface area contributed by atoms with E-state index in [-0.39, 0.29) is 23.9 Å². The molecule has 1 fully saturated rings. The SMILES string of the molecule is N#CC(C#N)=CNc1ccccc1C(=O)N1CCNC(=O)C1. The van der Waals surface area contributed by atoms with Gasteiger partial charge in [0.05, 0.1) is 17.8 Å². The van der Waals surface area contributed by atoms with Gasteiger partial charge in [-0.25, -0.2) is 0 Å². The van der Waals surface area contributed by atoms with Crippen LogP contribution < -0.4 is 10.6 Å². The maximum absolute atomic E-state index is 12.5. The van der Waals surface area contributed by atoms with Gasteiger partial charge in [-0.1, -0.05) is 12.1 Å². The van der Waals surface area contributed by atoms with Crippen molar-refractivity contribution in [2.24, 2.45) is 0 Å². The molecule has 2 amide bonds. The second kappa shape index (κ2) is 6.91. The zero-order valence-electron chi connectivity index (χ0n) is 11.7. The van der Waals surface area contributed by atoms with E-state index < -0.39 is 0 Å². The summed E-state index contributed by atoms with van der Waals surface area (Å²) in [5, 5.41) is 22.9. The predicted molar refractivity (Wildman–Crippen MR) is 78.3 cm³/mol. The van der Waals surface area contributed by atoms with Crippen molar-refractivity contribution in [1.29, 1.82) is 10.5 Å². The van der Waals surface area contributed by atoms with Crippen molar-refractivity contribution in [2.75, 3.05) is 25.0 Å². The van der Waals surface area contributed by atoms with Crippen LogP contribution in [0, 0.1) is 22.7 Å². The van der Waals surface area contributed by atoms with Crippen LogP contribution >= 0.6 is 0 Å². The molecule has 110 valence electrons. The molecule has 2 N–H and O–H groups in total. The van der Waals surface area contributed by atoms with Crippen LogP contribution in [0.2, 0.25) is 0 Å². The van der Waals surface area contributed by atoms with Gasteiger partial charge in [0.15, 0.2) is 0 Å². The molecule has 1 aromatic rings. The number of para-hydroxylation sites is 1. The van der Waals surface area contributed by atoms with Crippen molar-refractivity contribution in [3.05, 3.63) is 41.6 Å². The van der Waals surface area contributed by atoms with E-state index in [1.165, 1.54) is 11.1 Å². The molecule has 0 unspecified atom stereocenters. The van der Waals surface area contributed by atoms with Gasteiger partial charge in [-0.05, 0) is 12.1 Å². The number of rotatable bonds is 3. The fourth-order valence-corrected chi connectivity index (χ4v) is 2.02. The van der Waals surface area contributed by atoms with E-state index in [4.69, 9.17) is 10.5 Å². The summed E-state index contributed by atoms with van der Waals surface area (Å²) in [6.07, 6.45) is 1.25. The fourth-order valence-electron chi connectivity index (χ4n) is 2.02. The summed E-state index contributed by atoms with van der Waals surface area (Å²) in [7, 11) is 0. The van der Waals surface area contributed by atoms with Crippen molar-refractivity contribution in [1.82, 2.24) is 10.2 Å². The topological polar surface area (TPSA) is 109 Å². The highest BCUT2D eigenvalue weighted by Gasteiger charge is 2.23. The number of piperazine rings is 1. The van der Waals surface area contributed by atoms with Gasteiger partial charge in [0.25, 0.3) is 5.91 Å². The molecule has 1 saturated heterocycles. The van der Waals surface area contributed by atoms with Crippen LogP contribution in [0.1, 0.15) is 10.4 Å². The number of benzene rings is 1. The quantitative estimate of drug-likeness (QED) is 0.794. The monoisotopic (exact) mass is 295 g/mol. The molecule has 1 aliphatic heterocycles. The molecule has 0 atom stereocenters. The minimum absolute atomic E-state index is 0.0185. The lowest BCUT2D eigenvalue weighted by atomic mass is 10.1. The van der Waals surface area contributed by atoms with E-state index in [1.54, 1.807) is 36.4 Å². The number of carbonyl (C=O) groups is 2. The summed E-state index contributed by atoms with van der Waals surface area (Å²) in [6.45, 7) is 0.883. The van der Waals surface area contributed by atoms with Gasteiger partial charge in [0.1, 0.15) is 17.7 Å². The first-order valence-electron chi connectivity index (χ1n) is 6.57. The number of nitrogens with zero attached hydrogens (tertiary/aromatic N) is 3. The Labute approximate surface area is 127 Å². The molecule has 0 spiro atoms. The molecule has 0 aliphatic carbocycles. The van der Waals surface area contributed by atoms with Gasteiger partial charge >= 0.3 is 0 Å². The van der Waals surface area contributed by atoms with E-state index in [2.05, 4.69) is 10.6 Å². The normalized spacial score (nSPS) is 13.4. The molecule has 2 rings (SSSR count). The van der Waals surface area contributed by atoms with Crippen molar-refractivity contribution < 1.29 is 9.59 Å². The summed E-state index contributed by atoms with van der Waals surface area (Å²) in [5.41, 5.74) is 0.754. The second-order valence-electron chi connectivity index (χ2n) is 4.55. The van der Waals surface area contributed by atoms with Crippen molar-refractivity contribution in [3.63, 3.8) is 0 Å². The second-order valence-corrected chi connectivity index (χ2v) is 4.55. The van der Waals surface area contributed by atoms with Gasteiger partial charge in [-0.2, -0.15) is 10.5 Å². The Morgan fingerprint density at radius 1 is 1.32 bits per heavy atom. The average Bonchev–Trinajstić information content (AvgIpc) is 2.55. The Morgan fingerprint density at radius 2 is 2.05 bits per heavy atom. The lowest BCUT2D eigenvalue weighted by Crippen LogP contribution is -2.50. The van der Waals surface area contributed by atoms with E-state index in [0.29, 0.717) is 24.3 Å². The highest BCUT2D eigenvalue weighted by molar-refractivity contribution is 6.01. The van der Waals surface area contributed by atoms with Crippen LogP contribution in [-0.4, -0.2) is 36.3 Å². The standard InChI is InChI=1S/C15H13N5O2/c16-7-11(8-17)9-19-13-4-2-1-3-12(13)15(22)20-6-5-18-14(21)10-20/h1-4,9,19H,5-6,10H2,(H,18,21). The Morgan fingerprint density at radius 3 is 2.73 bits per heavy atom. The van der Waals surface area contributed by atoms with Crippen LogP contribution in [0.5, 0.6) is 0 Å². The molecule has 0 bridgehead atoms. The predicted octanol–water partition coefficient (Wildman–Crippen LogP) is 0.602. The molecule has 7 heteroatoms. The van der Waals surface area contributed by atoms with E-state index in [0.717, 1.165) is 0 Å². The number of allylic oxidation sites excluding steroid dienone is 1. The minimum Gasteiger partial charge on any atom is -0.359 e. The third kappa shape index (κ3) is 3.41. The Kier molecular flexibility index (Phi) is 4.74. The zero-order chi connectivity index (χ0) is 15.9. The molecule has 22 heavy (non-hydrogen) atoms. The van der Waals surface area contributed by atoms with Crippen molar-refractivity contribution >= 4 is 17.5 Å². The first-order chi connectivity index (χ1) is 10.7. The van der Waals surface area contributed by atoms with Crippen molar-refractivity contribution in [3.8, 4) is 12.1 Å². The Bertz CT molecular complexity index is 695. The number of amides is 2. The molecule has 0 radical (unpaired) electrons. The third-order valence-electron chi connectivity index (χ3n) is 3.10. The number of hydrogen-bond acceptors (Lipinski definition) is 5. The van der Waals surface area contributed by atoms with Crippen LogP contribution in [0.15, 0.2) is 36.0 Å². The summed E-state index contributed by atoms with van der Waals surface area (Å²) in [5.74, 6) is -0.469. The molecule has 0 aromatic heterocycles. The van der Waals surface area contributed by atoms with Gasteiger partial charge in [0, 0.05) is 19.3 Å². The average molecular weight is 295 g/mol. The van der Waals surface area contributed by atoms with Gasteiger partial charge in [-0.3, -0.25) is 9.59 Å².